The molecule has 0 aliphatic rings. The van der Waals surface area contributed by atoms with Crippen molar-refractivity contribution in [1.82, 2.24) is 0 Å². The summed E-state index contributed by atoms with van der Waals surface area (Å²) in [7, 11) is 0. The van der Waals surface area contributed by atoms with Crippen molar-refractivity contribution in [3.63, 3.8) is 0 Å². The molecule has 0 N–H and O–H groups in total. The Balaban J connectivity index is 1.25. The maximum Gasteiger partial charge on any atom is 0.160 e. The highest BCUT2D eigenvalue weighted by Gasteiger charge is 2.25. The minimum absolute atomic E-state index is 0.870. The van der Waals surface area contributed by atoms with Gasteiger partial charge >= 0.3 is 0 Å². The molecule has 0 atom stereocenters. The van der Waals surface area contributed by atoms with Gasteiger partial charge in [0.2, 0.25) is 0 Å². The van der Waals surface area contributed by atoms with Gasteiger partial charge in [-0.2, -0.15) is 0 Å². The van der Waals surface area contributed by atoms with Crippen molar-refractivity contribution in [1.29, 1.82) is 0 Å². The molecule has 0 amide bonds. The van der Waals surface area contributed by atoms with Crippen molar-refractivity contribution in [2.75, 3.05) is 4.90 Å². The zero-order valence-corrected chi connectivity index (χ0v) is 27.3. The first kappa shape index (κ1) is 27.9. The summed E-state index contributed by atoms with van der Waals surface area (Å²) < 4.78 is 9.45. The number of benzene rings is 8. The van der Waals surface area contributed by atoms with Gasteiger partial charge in [0.1, 0.15) is 5.58 Å². The van der Waals surface area contributed by atoms with E-state index in [0.717, 1.165) is 50.1 Å². The highest BCUT2D eigenvalue weighted by atomic mass is 32.1. The lowest BCUT2D eigenvalue weighted by Gasteiger charge is -2.29. The average Bonchev–Trinajstić information content (AvgIpc) is 3.75. The fraction of sp³-hybridized carbons (Fsp3) is 0. The van der Waals surface area contributed by atoms with Gasteiger partial charge in [0.25, 0.3) is 0 Å². The van der Waals surface area contributed by atoms with Crippen molar-refractivity contribution in [3.8, 4) is 22.3 Å². The van der Waals surface area contributed by atoms with Gasteiger partial charge in [-0.3, -0.25) is 0 Å². The van der Waals surface area contributed by atoms with Gasteiger partial charge in [-0.15, -0.1) is 11.3 Å². The molecule has 0 radical (unpaired) electrons. The molecule has 2 aromatic heterocycles. The van der Waals surface area contributed by atoms with Crippen LogP contribution in [0.2, 0.25) is 0 Å². The number of para-hydroxylation sites is 1. The standard InChI is InChI=1S/C46H29NOS/c1-2-12-31(13-3-1)35-28-29-39-37-17-6-8-22-42(37)48-45(39)44(35)47(41-21-10-15-30-14-4-5-16-34(30)41)33-26-24-32(25-27-33)36-19-11-20-40-38-18-7-9-23-43(38)49-46(36)40/h1-29H. The van der Waals surface area contributed by atoms with Crippen molar-refractivity contribution in [3.05, 3.63) is 176 Å². The van der Waals surface area contributed by atoms with Crippen LogP contribution in [-0.2, 0) is 0 Å². The first-order chi connectivity index (χ1) is 24.3. The van der Waals surface area contributed by atoms with Crippen LogP contribution in [0.15, 0.2) is 180 Å². The summed E-state index contributed by atoms with van der Waals surface area (Å²) in [5.41, 5.74) is 9.64. The lowest BCUT2D eigenvalue weighted by atomic mass is 9.97. The van der Waals surface area contributed by atoms with Gasteiger partial charge in [0.15, 0.2) is 5.58 Å². The lowest BCUT2D eigenvalue weighted by Crippen LogP contribution is -2.12. The van der Waals surface area contributed by atoms with Crippen molar-refractivity contribution < 1.29 is 4.42 Å². The lowest BCUT2D eigenvalue weighted by molar-refractivity contribution is 0.669. The Morgan fingerprint density at radius 3 is 1.98 bits per heavy atom. The van der Waals surface area contributed by atoms with Gasteiger partial charge in [-0.1, -0.05) is 140 Å². The van der Waals surface area contributed by atoms with Crippen LogP contribution in [0.25, 0.3) is 75.1 Å². The first-order valence-corrected chi connectivity index (χ1v) is 17.4. The second-order valence-corrected chi connectivity index (χ2v) is 13.5. The van der Waals surface area contributed by atoms with E-state index in [0.29, 0.717) is 0 Å². The molecule has 2 heterocycles. The Morgan fingerprint density at radius 1 is 0.429 bits per heavy atom. The van der Waals surface area contributed by atoms with E-state index in [9.17, 15) is 0 Å². The molecular formula is C46H29NOS. The van der Waals surface area contributed by atoms with Crippen molar-refractivity contribution >= 4 is 81.3 Å². The van der Waals surface area contributed by atoms with Crippen LogP contribution in [0.4, 0.5) is 17.1 Å². The third-order valence-corrected chi connectivity index (χ3v) is 10.9. The summed E-state index contributed by atoms with van der Waals surface area (Å²) in [6.07, 6.45) is 0. The summed E-state index contributed by atoms with van der Waals surface area (Å²) in [6, 6.07) is 63.1. The predicted octanol–water partition coefficient (Wildman–Crippen LogP) is 13.9. The fourth-order valence-electron chi connectivity index (χ4n) is 7.40. The minimum atomic E-state index is 0.870. The quantitative estimate of drug-likeness (QED) is 0.186. The van der Waals surface area contributed by atoms with Crippen LogP contribution < -0.4 is 4.90 Å². The SMILES string of the molecule is c1ccc(-c2ccc3c(oc4ccccc43)c2N(c2ccc(-c3cccc4c3sc3ccccc34)cc2)c2cccc3ccccc23)cc1. The Bertz CT molecular complexity index is 2820. The zero-order valence-electron chi connectivity index (χ0n) is 26.5. The molecule has 0 bridgehead atoms. The van der Waals surface area contributed by atoms with E-state index in [-0.39, 0.29) is 0 Å². The molecule has 3 heteroatoms. The van der Waals surface area contributed by atoms with Gasteiger partial charge in [-0.05, 0) is 58.5 Å². The number of furan rings is 1. The topological polar surface area (TPSA) is 16.4 Å². The molecule has 0 saturated heterocycles. The molecule has 230 valence electrons. The molecule has 0 spiro atoms. The molecule has 0 aliphatic carbocycles. The first-order valence-electron chi connectivity index (χ1n) is 16.6. The van der Waals surface area contributed by atoms with Crippen LogP contribution in [-0.4, -0.2) is 0 Å². The predicted molar refractivity (Wildman–Crippen MR) is 210 cm³/mol. The van der Waals surface area contributed by atoms with E-state index in [1.54, 1.807) is 0 Å². The Kier molecular flexibility index (Phi) is 6.39. The molecule has 49 heavy (non-hydrogen) atoms. The third kappa shape index (κ3) is 4.47. The van der Waals surface area contributed by atoms with E-state index in [1.807, 2.05) is 17.4 Å². The number of rotatable bonds is 5. The summed E-state index contributed by atoms with van der Waals surface area (Å²) >= 11 is 1.87. The highest BCUT2D eigenvalue weighted by Crippen LogP contribution is 2.49. The molecule has 0 fully saturated rings. The molecule has 0 aliphatic heterocycles. The van der Waals surface area contributed by atoms with Crippen LogP contribution in [0.3, 0.4) is 0 Å². The van der Waals surface area contributed by atoms with Crippen molar-refractivity contribution in [2.24, 2.45) is 0 Å². The maximum atomic E-state index is 6.81. The number of anilines is 3. The third-order valence-electron chi connectivity index (χ3n) is 9.68. The maximum absolute atomic E-state index is 6.81. The second kappa shape index (κ2) is 11.2. The van der Waals surface area contributed by atoms with Gasteiger partial charge in [0.05, 0.1) is 11.4 Å². The van der Waals surface area contributed by atoms with Crippen molar-refractivity contribution in [2.45, 2.75) is 0 Å². The summed E-state index contributed by atoms with van der Waals surface area (Å²) in [5.74, 6) is 0. The molecule has 10 rings (SSSR count). The Hall–Kier alpha value is -6.16. The van der Waals surface area contributed by atoms with Gasteiger partial charge in [0, 0.05) is 47.6 Å². The number of hydrogen-bond acceptors (Lipinski definition) is 3. The number of fused-ring (bicyclic) bond motifs is 7. The van der Waals surface area contributed by atoms with Crippen LogP contribution in [0, 0.1) is 0 Å². The molecular weight excluding hydrogens is 615 g/mol. The monoisotopic (exact) mass is 643 g/mol. The van der Waals surface area contributed by atoms with Crippen LogP contribution in [0.5, 0.6) is 0 Å². The van der Waals surface area contributed by atoms with E-state index < -0.39 is 0 Å². The van der Waals surface area contributed by atoms with Gasteiger partial charge in [-0.25, -0.2) is 0 Å². The van der Waals surface area contributed by atoms with Gasteiger partial charge < -0.3 is 9.32 Å². The van der Waals surface area contributed by atoms with E-state index >= 15 is 0 Å². The minimum Gasteiger partial charge on any atom is -0.454 e. The average molecular weight is 644 g/mol. The van der Waals surface area contributed by atoms with E-state index in [2.05, 4.69) is 175 Å². The summed E-state index contributed by atoms with van der Waals surface area (Å²) in [6.45, 7) is 0. The Morgan fingerprint density at radius 2 is 1.10 bits per heavy atom. The van der Waals surface area contributed by atoms with Crippen LogP contribution in [0.1, 0.15) is 0 Å². The molecule has 8 aromatic carbocycles. The largest absolute Gasteiger partial charge is 0.454 e. The van der Waals surface area contributed by atoms with E-state index in [4.69, 9.17) is 4.42 Å². The molecule has 0 saturated carbocycles. The fourth-order valence-corrected chi connectivity index (χ4v) is 8.64. The molecule has 2 nitrogen and oxygen atoms in total. The molecule has 0 unspecified atom stereocenters. The number of thiophene rings is 1. The number of nitrogens with zero attached hydrogens (tertiary/aromatic N) is 1. The smallest absolute Gasteiger partial charge is 0.160 e. The van der Waals surface area contributed by atoms with Crippen LogP contribution >= 0.6 is 11.3 Å². The highest BCUT2D eigenvalue weighted by molar-refractivity contribution is 7.26. The zero-order chi connectivity index (χ0) is 32.3. The normalized spacial score (nSPS) is 11.7. The second-order valence-electron chi connectivity index (χ2n) is 12.5. The number of hydrogen-bond donors (Lipinski definition) is 0. The van der Waals surface area contributed by atoms with E-state index in [1.165, 1.54) is 42.1 Å². The Labute approximate surface area is 287 Å². The summed E-state index contributed by atoms with van der Waals surface area (Å²) in [5, 5.41) is 7.21. The summed E-state index contributed by atoms with van der Waals surface area (Å²) in [4.78, 5) is 2.40. The molecule has 10 aromatic rings.